The Morgan fingerprint density at radius 2 is 1.68 bits per heavy atom. The maximum Gasteiger partial charge on any atom is 0.326 e. The van der Waals surface area contributed by atoms with Crippen LogP contribution in [0.25, 0.3) is 11.0 Å². The molecular formula is C22H34ClN3O2. The highest BCUT2D eigenvalue weighted by molar-refractivity contribution is 5.85. The van der Waals surface area contributed by atoms with Gasteiger partial charge in [0.25, 0.3) is 0 Å². The molecular weight excluding hydrogens is 374 g/mol. The highest BCUT2D eigenvalue weighted by atomic mass is 35.5. The van der Waals surface area contributed by atoms with E-state index in [0.717, 1.165) is 49.8 Å². The van der Waals surface area contributed by atoms with Crippen LogP contribution in [-0.2, 0) is 4.74 Å². The number of hydrogen-bond acceptors (Lipinski definition) is 3. The number of imidazole rings is 1. The Morgan fingerprint density at radius 3 is 2.29 bits per heavy atom. The summed E-state index contributed by atoms with van der Waals surface area (Å²) in [5.41, 5.74) is 4.84. The van der Waals surface area contributed by atoms with Crippen LogP contribution in [-0.4, -0.2) is 46.3 Å². The summed E-state index contributed by atoms with van der Waals surface area (Å²) >= 11 is 0. The first-order chi connectivity index (χ1) is 12.9. The van der Waals surface area contributed by atoms with E-state index >= 15 is 0 Å². The quantitative estimate of drug-likeness (QED) is 0.822. The molecule has 0 amide bonds. The predicted octanol–water partition coefficient (Wildman–Crippen LogP) is 4.35. The van der Waals surface area contributed by atoms with E-state index in [4.69, 9.17) is 4.74 Å². The third-order valence-electron chi connectivity index (χ3n) is 7.27. The molecule has 1 aromatic heterocycles. The van der Waals surface area contributed by atoms with Crippen molar-refractivity contribution in [2.75, 3.05) is 20.2 Å². The third kappa shape index (κ3) is 3.77. The summed E-state index contributed by atoms with van der Waals surface area (Å²) in [5, 5.41) is 0. The van der Waals surface area contributed by atoms with Crippen LogP contribution in [0.15, 0.2) is 16.9 Å². The van der Waals surface area contributed by atoms with Gasteiger partial charge in [0.1, 0.15) is 0 Å². The summed E-state index contributed by atoms with van der Waals surface area (Å²) in [4.78, 5) is 18.4. The van der Waals surface area contributed by atoms with Gasteiger partial charge in [-0.3, -0.25) is 9.47 Å². The summed E-state index contributed by atoms with van der Waals surface area (Å²) in [5.74, 6) is 0. The minimum atomic E-state index is 0. The highest BCUT2D eigenvalue weighted by Gasteiger charge is 2.38. The molecule has 1 saturated heterocycles. The number of nitrogens with zero attached hydrogens (tertiary/aromatic N) is 2. The fourth-order valence-electron chi connectivity index (χ4n) is 5.18. The number of benzene rings is 1. The minimum absolute atomic E-state index is 0. The number of fused-ring (bicyclic) bond motifs is 1. The van der Waals surface area contributed by atoms with E-state index in [0.29, 0.717) is 17.7 Å². The van der Waals surface area contributed by atoms with Gasteiger partial charge in [-0.2, -0.15) is 0 Å². The molecule has 156 valence electrons. The molecule has 4 rings (SSSR count). The maximum absolute atomic E-state index is 12.7. The largest absolute Gasteiger partial charge is 0.381 e. The van der Waals surface area contributed by atoms with E-state index in [1.165, 1.54) is 24.0 Å². The number of methoxy groups -OCH3 is 1. The number of hydrogen-bond donors (Lipinski definition) is 1. The SMILES string of the molecule is COC1CCC(C)(N2CCC(n3c(=O)[nH]c4cc(C)c(C)cc43)CC2)CC1.Cl. The maximum atomic E-state index is 12.7. The van der Waals surface area contributed by atoms with Crippen molar-refractivity contribution in [1.82, 2.24) is 14.5 Å². The Kier molecular flexibility index (Phi) is 6.28. The molecule has 1 aliphatic heterocycles. The van der Waals surface area contributed by atoms with Crippen molar-refractivity contribution in [2.24, 2.45) is 0 Å². The van der Waals surface area contributed by atoms with E-state index in [2.05, 4.69) is 42.8 Å². The molecule has 0 spiro atoms. The van der Waals surface area contributed by atoms with E-state index < -0.39 is 0 Å². The van der Waals surface area contributed by atoms with E-state index in [-0.39, 0.29) is 18.1 Å². The van der Waals surface area contributed by atoms with Gasteiger partial charge in [-0.1, -0.05) is 0 Å². The molecule has 2 aliphatic rings. The van der Waals surface area contributed by atoms with Crippen molar-refractivity contribution >= 4 is 23.4 Å². The van der Waals surface area contributed by atoms with Crippen LogP contribution in [0.1, 0.15) is 62.6 Å². The topological polar surface area (TPSA) is 50.3 Å². The standard InChI is InChI=1S/C22H33N3O2.ClH/c1-15-13-19-20(14-16(15)2)25(21(26)23-19)17-7-11-24(12-8-17)22(3)9-5-18(27-4)6-10-22;/h13-14,17-18H,5-12H2,1-4H3,(H,23,26);1H. The number of aryl methyl sites for hydroxylation is 2. The van der Waals surface area contributed by atoms with Crippen molar-refractivity contribution in [1.29, 1.82) is 0 Å². The van der Waals surface area contributed by atoms with Crippen LogP contribution < -0.4 is 5.69 Å². The number of ether oxygens (including phenoxy) is 1. The fraction of sp³-hybridized carbons (Fsp3) is 0.682. The molecule has 0 unspecified atom stereocenters. The molecule has 2 heterocycles. The Morgan fingerprint density at radius 1 is 1.07 bits per heavy atom. The van der Waals surface area contributed by atoms with E-state index in [1.54, 1.807) is 0 Å². The average Bonchev–Trinajstić information content (AvgIpc) is 2.97. The third-order valence-corrected chi connectivity index (χ3v) is 7.27. The van der Waals surface area contributed by atoms with Gasteiger partial charge >= 0.3 is 5.69 Å². The summed E-state index contributed by atoms with van der Waals surface area (Å²) in [7, 11) is 1.83. The smallest absolute Gasteiger partial charge is 0.326 e. The van der Waals surface area contributed by atoms with Gasteiger partial charge in [-0.15, -0.1) is 12.4 Å². The number of likely N-dealkylation sites (tertiary alicyclic amines) is 1. The first-order valence-electron chi connectivity index (χ1n) is 10.4. The van der Waals surface area contributed by atoms with Crippen LogP contribution >= 0.6 is 12.4 Å². The first-order valence-corrected chi connectivity index (χ1v) is 10.4. The van der Waals surface area contributed by atoms with Gasteiger partial charge in [0.05, 0.1) is 17.1 Å². The Labute approximate surface area is 173 Å². The summed E-state index contributed by atoms with van der Waals surface area (Å²) in [6.45, 7) is 8.78. The molecule has 5 nitrogen and oxygen atoms in total. The number of nitrogens with one attached hydrogen (secondary N) is 1. The minimum Gasteiger partial charge on any atom is -0.381 e. The van der Waals surface area contributed by atoms with Crippen LogP contribution in [0.2, 0.25) is 0 Å². The zero-order chi connectivity index (χ0) is 19.2. The van der Waals surface area contributed by atoms with Crippen LogP contribution in [0.5, 0.6) is 0 Å². The normalized spacial score (nSPS) is 27.1. The lowest BCUT2D eigenvalue weighted by atomic mass is 9.79. The van der Waals surface area contributed by atoms with E-state index in [1.807, 2.05) is 11.7 Å². The van der Waals surface area contributed by atoms with E-state index in [9.17, 15) is 4.79 Å². The molecule has 1 saturated carbocycles. The molecule has 1 aliphatic carbocycles. The number of rotatable bonds is 3. The number of aromatic amines is 1. The van der Waals surface area contributed by atoms with Crippen molar-refractivity contribution in [3.63, 3.8) is 0 Å². The zero-order valence-electron chi connectivity index (χ0n) is 17.6. The second-order valence-electron chi connectivity index (χ2n) is 8.90. The van der Waals surface area contributed by atoms with Gasteiger partial charge in [-0.25, -0.2) is 4.79 Å². The summed E-state index contributed by atoms with van der Waals surface area (Å²) in [6, 6.07) is 4.57. The number of H-pyrrole nitrogens is 1. The van der Waals surface area contributed by atoms with Gasteiger partial charge < -0.3 is 9.72 Å². The molecule has 2 aromatic rings. The molecule has 0 bridgehead atoms. The van der Waals surface area contributed by atoms with Gasteiger partial charge in [0, 0.05) is 31.8 Å². The van der Waals surface area contributed by atoms with Gasteiger partial charge in [-0.05, 0) is 82.6 Å². The Balaban J connectivity index is 0.00000225. The highest BCUT2D eigenvalue weighted by Crippen LogP contribution is 2.37. The van der Waals surface area contributed by atoms with Crippen molar-refractivity contribution < 1.29 is 4.74 Å². The molecule has 1 aromatic carbocycles. The van der Waals surface area contributed by atoms with Crippen LogP contribution in [0.4, 0.5) is 0 Å². The second kappa shape index (κ2) is 8.21. The van der Waals surface area contributed by atoms with Crippen LogP contribution in [0.3, 0.4) is 0 Å². The molecule has 1 N–H and O–H groups in total. The average molecular weight is 408 g/mol. The lowest BCUT2D eigenvalue weighted by Crippen LogP contribution is -2.52. The molecule has 0 atom stereocenters. The molecule has 6 heteroatoms. The molecule has 2 fully saturated rings. The Bertz CT molecular complexity index is 872. The monoisotopic (exact) mass is 407 g/mol. The lowest BCUT2D eigenvalue weighted by Gasteiger charge is -2.48. The summed E-state index contributed by atoms with van der Waals surface area (Å²) < 4.78 is 7.57. The fourth-order valence-corrected chi connectivity index (χ4v) is 5.18. The van der Waals surface area contributed by atoms with Crippen molar-refractivity contribution in [2.45, 2.75) is 77.0 Å². The number of halogens is 1. The number of aromatic nitrogens is 2. The second-order valence-corrected chi connectivity index (χ2v) is 8.90. The summed E-state index contributed by atoms with van der Waals surface area (Å²) in [6.07, 6.45) is 7.27. The molecule has 0 radical (unpaired) electrons. The lowest BCUT2D eigenvalue weighted by molar-refractivity contribution is -0.0146. The zero-order valence-corrected chi connectivity index (χ0v) is 18.4. The number of piperidine rings is 1. The van der Waals surface area contributed by atoms with Crippen molar-refractivity contribution in [3.05, 3.63) is 33.7 Å². The van der Waals surface area contributed by atoms with Crippen LogP contribution in [0, 0.1) is 13.8 Å². The van der Waals surface area contributed by atoms with Gasteiger partial charge in [0.15, 0.2) is 0 Å². The first kappa shape index (κ1) is 21.4. The predicted molar refractivity (Wildman–Crippen MR) is 117 cm³/mol. The van der Waals surface area contributed by atoms with Crippen molar-refractivity contribution in [3.8, 4) is 0 Å². The van der Waals surface area contributed by atoms with Gasteiger partial charge in [0.2, 0.25) is 0 Å². The molecule has 28 heavy (non-hydrogen) atoms. The Hall–Kier alpha value is -1.30.